The van der Waals surface area contributed by atoms with Crippen LogP contribution in [0, 0.1) is 4.77 Å². The smallest absolute Gasteiger partial charge is 0.174 e. The minimum Gasteiger partial charge on any atom is -0.334 e. The summed E-state index contributed by atoms with van der Waals surface area (Å²) in [5.74, 6) is 0. The average Bonchev–Trinajstić information content (AvgIpc) is 2.59. The van der Waals surface area contributed by atoms with Gasteiger partial charge in [-0.1, -0.05) is 38.5 Å². The van der Waals surface area contributed by atoms with Crippen LogP contribution in [0.15, 0.2) is 0 Å². The zero-order chi connectivity index (χ0) is 11.2. The Morgan fingerprint density at radius 2 is 1.00 bits per heavy atom. The first-order chi connectivity index (χ1) is 7.86. The van der Waals surface area contributed by atoms with Crippen LogP contribution in [-0.4, -0.2) is 9.97 Å². The van der Waals surface area contributed by atoms with Crippen LogP contribution in [0.3, 0.4) is 0 Å². The molecular formula is C13H22N2S. The molecule has 2 nitrogen and oxygen atoms in total. The predicted octanol–water partition coefficient (Wildman–Crippen LogP) is 4.29. The Morgan fingerprint density at radius 1 is 0.625 bits per heavy atom. The summed E-state index contributed by atoms with van der Waals surface area (Å²) in [6, 6.07) is 0. The van der Waals surface area contributed by atoms with Crippen LogP contribution in [-0.2, 0) is 12.8 Å². The first-order valence-corrected chi connectivity index (χ1v) is 7.07. The van der Waals surface area contributed by atoms with Gasteiger partial charge in [0.15, 0.2) is 4.77 Å². The highest BCUT2D eigenvalue weighted by molar-refractivity contribution is 7.71. The standard InChI is InChI=1S/C13H22N2S/c16-13-14-11-9-7-5-3-1-2-4-6-8-10-12(11)15-13/h1-10H2,(H2,14,15,16). The van der Waals surface area contributed by atoms with E-state index in [9.17, 15) is 0 Å². The quantitative estimate of drug-likeness (QED) is 0.649. The molecule has 0 aliphatic heterocycles. The molecule has 0 atom stereocenters. The lowest BCUT2D eigenvalue weighted by atomic mass is 10.0. The SMILES string of the molecule is S=c1[nH]c2c([nH]1)CCCCCCCCCC2. The van der Waals surface area contributed by atoms with Gasteiger partial charge in [-0.15, -0.1) is 0 Å². The van der Waals surface area contributed by atoms with Crippen LogP contribution in [0.25, 0.3) is 0 Å². The third kappa shape index (κ3) is 3.48. The zero-order valence-corrected chi connectivity index (χ0v) is 10.8. The molecule has 0 radical (unpaired) electrons. The van der Waals surface area contributed by atoms with Crippen molar-refractivity contribution in [3.63, 3.8) is 0 Å². The van der Waals surface area contributed by atoms with Crippen LogP contribution < -0.4 is 0 Å². The van der Waals surface area contributed by atoms with E-state index in [-0.39, 0.29) is 0 Å². The maximum atomic E-state index is 5.18. The van der Waals surface area contributed by atoms with Gasteiger partial charge in [-0.25, -0.2) is 0 Å². The summed E-state index contributed by atoms with van der Waals surface area (Å²) < 4.78 is 0.805. The second kappa shape index (κ2) is 6.24. The molecule has 3 heteroatoms. The second-order valence-corrected chi connectivity index (χ2v) is 5.27. The molecule has 0 amide bonds. The molecule has 1 aromatic rings. The Bertz CT molecular complexity index is 332. The van der Waals surface area contributed by atoms with E-state index in [4.69, 9.17) is 12.2 Å². The van der Waals surface area contributed by atoms with E-state index in [1.54, 1.807) is 0 Å². The van der Waals surface area contributed by atoms with Gasteiger partial charge in [-0.2, -0.15) is 0 Å². The number of rotatable bonds is 0. The highest BCUT2D eigenvalue weighted by Gasteiger charge is 2.06. The van der Waals surface area contributed by atoms with Gasteiger partial charge in [0.2, 0.25) is 0 Å². The minimum atomic E-state index is 0.805. The molecule has 16 heavy (non-hydrogen) atoms. The fourth-order valence-electron chi connectivity index (χ4n) is 2.55. The number of hydrogen-bond donors (Lipinski definition) is 2. The maximum absolute atomic E-state index is 5.18. The summed E-state index contributed by atoms with van der Waals surface area (Å²) in [5, 5.41) is 0. The van der Waals surface area contributed by atoms with Crippen molar-refractivity contribution in [3.8, 4) is 0 Å². The van der Waals surface area contributed by atoms with Crippen LogP contribution in [0.1, 0.15) is 62.8 Å². The van der Waals surface area contributed by atoms with Gasteiger partial charge in [0.05, 0.1) is 0 Å². The lowest BCUT2D eigenvalue weighted by Crippen LogP contribution is -1.96. The molecule has 1 aromatic heterocycles. The van der Waals surface area contributed by atoms with Crippen molar-refractivity contribution in [2.24, 2.45) is 0 Å². The Labute approximate surface area is 103 Å². The lowest BCUT2D eigenvalue weighted by molar-refractivity contribution is 0.556. The van der Waals surface area contributed by atoms with Crippen molar-refractivity contribution < 1.29 is 0 Å². The van der Waals surface area contributed by atoms with Gasteiger partial charge in [-0.3, -0.25) is 0 Å². The summed E-state index contributed by atoms with van der Waals surface area (Å²) >= 11 is 5.18. The molecule has 90 valence electrons. The van der Waals surface area contributed by atoms with Gasteiger partial charge in [0.25, 0.3) is 0 Å². The van der Waals surface area contributed by atoms with Crippen molar-refractivity contribution in [1.29, 1.82) is 0 Å². The molecule has 2 N–H and O–H groups in total. The topological polar surface area (TPSA) is 31.6 Å². The minimum absolute atomic E-state index is 0.805. The highest BCUT2D eigenvalue weighted by Crippen LogP contribution is 2.16. The Balaban J connectivity index is 2.01. The molecule has 0 unspecified atom stereocenters. The van der Waals surface area contributed by atoms with Crippen molar-refractivity contribution >= 4 is 12.2 Å². The molecule has 2 rings (SSSR count). The largest absolute Gasteiger partial charge is 0.334 e. The third-order valence-corrected chi connectivity index (χ3v) is 3.70. The Hall–Kier alpha value is -0.570. The number of aromatic amines is 2. The van der Waals surface area contributed by atoms with Crippen LogP contribution >= 0.6 is 12.2 Å². The molecule has 0 saturated heterocycles. The molecule has 0 fully saturated rings. The molecule has 1 aliphatic carbocycles. The van der Waals surface area contributed by atoms with Crippen LogP contribution in [0.5, 0.6) is 0 Å². The van der Waals surface area contributed by atoms with E-state index in [0.29, 0.717) is 0 Å². The third-order valence-electron chi connectivity index (χ3n) is 3.50. The second-order valence-electron chi connectivity index (χ2n) is 4.86. The zero-order valence-electron chi connectivity index (χ0n) is 9.98. The monoisotopic (exact) mass is 238 g/mol. The first-order valence-electron chi connectivity index (χ1n) is 6.66. The van der Waals surface area contributed by atoms with E-state index in [1.165, 1.54) is 75.6 Å². The Morgan fingerprint density at radius 3 is 1.44 bits per heavy atom. The highest BCUT2D eigenvalue weighted by atomic mass is 32.1. The van der Waals surface area contributed by atoms with Gasteiger partial charge in [0.1, 0.15) is 0 Å². The summed E-state index contributed by atoms with van der Waals surface area (Å²) in [6.45, 7) is 0. The van der Waals surface area contributed by atoms with E-state index in [1.807, 2.05) is 0 Å². The molecule has 0 bridgehead atoms. The molecular weight excluding hydrogens is 216 g/mol. The van der Waals surface area contributed by atoms with Gasteiger partial charge in [0, 0.05) is 11.4 Å². The van der Waals surface area contributed by atoms with Crippen LogP contribution in [0.2, 0.25) is 0 Å². The Kier molecular flexibility index (Phi) is 4.64. The van der Waals surface area contributed by atoms with E-state index in [0.717, 1.165) is 4.77 Å². The van der Waals surface area contributed by atoms with Crippen molar-refractivity contribution in [1.82, 2.24) is 9.97 Å². The number of imidazole rings is 1. The molecule has 0 spiro atoms. The number of H-pyrrole nitrogens is 2. The van der Waals surface area contributed by atoms with Crippen molar-refractivity contribution in [2.75, 3.05) is 0 Å². The maximum Gasteiger partial charge on any atom is 0.174 e. The van der Waals surface area contributed by atoms with Gasteiger partial charge in [-0.05, 0) is 37.9 Å². The number of fused-ring (bicyclic) bond motifs is 1. The van der Waals surface area contributed by atoms with E-state index >= 15 is 0 Å². The predicted molar refractivity (Wildman–Crippen MR) is 70.3 cm³/mol. The summed E-state index contributed by atoms with van der Waals surface area (Å²) in [6.07, 6.45) is 13.3. The lowest BCUT2D eigenvalue weighted by Gasteiger charge is -2.07. The van der Waals surface area contributed by atoms with Crippen molar-refractivity contribution in [3.05, 3.63) is 16.2 Å². The summed E-state index contributed by atoms with van der Waals surface area (Å²) in [5.41, 5.74) is 2.73. The fraction of sp³-hybridized carbons (Fsp3) is 0.769. The summed E-state index contributed by atoms with van der Waals surface area (Å²) in [4.78, 5) is 6.62. The molecule has 1 aliphatic rings. The normalized spacial score (nSPS) is 19.5. The molecule has 1 heterocycles. The van der Waals surface area contributed by atoms with Gasteiger partial charge >= 0.3 is 0 Å². The van der Waals surface area contributed by atoms with Crippen molar-refractivity contribution in [2.45, 2.75) is 64.2 Å². The number of aromatic nitrogens is 2. The number of aryl methyl sites for hydroxylation is 2. The molecule has 0 aromatic carbocycles. The summed E-state index contributed by atoms with van der Waals surface area (Å²) in [7, 11) is 0. The average molecular weight is 238 g/mol. The van der Waals surface area contributed by atoms with Gasteiger partial charge < -0.3 is 9.97 Å². The fourth-order valence-corrected chi connectivity index (χ4v) is 2.79. The van der Waals surface area contributed by atoms with Crippen LogP contribution in [0.4, 0.5) is 0 Å². The number of hydrogen-bond acceptors (Lipinski definition) is 1. The molecule has 0 saturated carbocycles. The van der Waals surface area contributed by atoms with E-state index in [2.05, 4.69) is 9.97 Å². The first kappa shape index (κ1) is 11.9. The van der Waals surface area contributed by atoms with E-state index < -0.39 is 0 Å². The number of nitrogens with one attached hydrogen (secondary N) is 2.